The van der Waals surface area contributed by atoms with E-state index in [1.54, 1.807) is 11.8 Å². The molecule has 2 heterocycles. The minimum Gasteiger partial charge on any atom is -0.366 e. The average Bonchev–Trinajstić information content (AvgIpc) is 2.97. The van der Waals surface area contributed by atoms with Crippen LogP contribution in [0.1, 0.15) is 43.2 Å². The Balaban J connectivity index is 1.38. The number of piperazine rings is 1. The van der Waals surface area contributed by atoms with Gasteiger partial charge in [0.15, 0.2) is 0 Å². The number of nitrogens with zero attached hydrogens (tertiary/aromatic N) is 5. The first-order chi connectivity index (χ1) is 18.9. The summed E-state index contributed by atoms with van der Waals surface area (Å²) in [5.41, 5.74) is 3.47. The molecule has 0 radical (unpaired) electrons. The Morgan fingerprint density at radius 2 is 1.62 bits per heavy atom. The second kappa shape index (κ2) is 12.0. The molecular formula is C31H39N5O2S. The molecule has 2 aromatic carbocycles. The van der Waals surface area contributed by atoms with Crippen LogP contribution in [-0.2, 0) is 10.2 Å². The fourth-order valence-electron chi connectivity index (χ4n) is 5.84. The molecule has 0 N–H and O–H groups in total. The molecule has 0 bridgehead atoms. The fourth-order valence-corrected chi connectivity index (χ4v) is 6.77. The molecule has 2 fully saturated rings. The zero-order chi connectivity index (χ0) is 27.4. The summed E-state index contributed by atoms with van der Waals surface area (Å²) < 4.78 is 1.48. The Labute approximate surface area is 235 Å². The number of hydrogen-bond acceptors (Lipinski definition) is 6. The van der Waals surface area contributed by atoms with Gasteiger partial charge in [0.05, 0.1) is 23.0 Å². The first-order valence-electron chi connectivity index (χ1n) is 14.0. The standard InChI is InChI=1S/C31H39N5O2S/c1-24-12-14-25(15-13-24)31(16-8-5-9-17-31)30(38)35-20-18-34(19-21-35)27-22-32-36(26-10-6-4-7-11-26)29(37)28(27)39-23-33(2)3/h4,6-7,10-15,22H,5,8-9,16-21,23H2,1-3H3. The van der Waals surface area contributed by atoms with E-state index in [2.05, 4.69) is 51.0 Å². The molecule has 8 heteroatoms. The zero-order valence-electron chi connectivity index (χ0n) is 23.3. The third kappa shape index (κ3) is 5.77. The van der Waals surface area contributed by atoms with E-state index >= 15 is 0 Å². The summed E-state index contributed by atoms with van der Waals surface area (Å²) in [6.07, 6.45) is 7.04. The molecule has 3 aromatic rings. The Morgan fingerprint density at radius 3 is 2.26 bits per heavy atom. The molecule has 1 saturated heterocycles. The lowest BCUT2D eigenvalue weighted by Gasteiger charge is -2.44. The van der Waals surface area contributed by atoms with E-state index < -0.39 is 5.41 Å². The molecular weight excluding hydrogens is 506 g/mol. The van der Waals surface area contributed by atoms with Gasteiger partial charge >= 0.3 is 0 Å². The van der Waals surface area contributed by atoms with Gasteiger partial charge in [-0.3, -0.25) is 14.5 Å². The van der Waals surface area contributed by atoms with Crippen LogP contribution in [0.2, 0.25) is 0 Å². The van der Waals surface area contributed by atoms with Gasteiger partial charge in [-0.15, -0.1) is 11.8 Å². The van der Waals surface area contributed by atoms with Crippen molar-refractivity contribution in [3.8, 4) is 5.69 Å². The van der Waals surface area contributed by atoms with Crippen molar-refractivity contribution in [2.45, 2.75) is 49.3 Å². The first kappa shape index (κ1) is 27.5. The minimum absolute atomic E-state index is 0.107. The van der Waals surface area contributed by atoms with Crippen molar-refractivity contribution in [1.82, 2.24) is 19.6 Å². The molecule has 7 nitrogen and oxygen atoms in total. The van der Waals surface area contributed by atoms with E-state index in [0.29, 0.717) is 37.0 Å². The molecule has 1 aliphatic heterocycles. The predicted molar refractivity (Wildman–Crippen MR) is 159 cm³/mol. The number of thioether (sulfide) groups is 1. The average molecular weight is 546 g/mol. The molecule has 206 valence electrons. The second-order valence-corrected chi connectivity index (χ2v) is 12.0. The zero-order valence-corrected chi connectivity index (χ0v) is 24.1. The van der Waals surface area contributed by atoms with Crippen LogP contribution in [0, 0.1) is 6.92 Å². The van der Waals surface area contributed by atoms with Gasteiger partial charge in [-0.1, -0.05) is 67.3 Å². The predicted octanol–water partition coefficient (Wildman–Crippen LogP) is 4.70. The number of rotatable bonds is 7. The van der Waals surface area contributed by atoms with E-state index in [1.807, 2.05) is 50.6 Å². The van der Waals surface area contributed by atoms with Gasteiger partial charge < -0.3 is 9.80 Å². The van der Waals surface area contributed by atoms with E-state index in [0.717, 1.165) is 42.6 Å². The lowest BCUT2D eigenvalue weighted by atomic mass is 9.68. The fraction of sp³-hybridized carbons (Fsp3) is 0.452. The number of aryl methyl sites for hydroxylation is 1. The SMILES string of the molecule is Cc1ccc(C2(C(=O)N3CCN(c4cnn(-c5ccccc5)c(=O)c4SCN(C)C)CC3)CCCCC2)cc1. The summed E-state index contributed by atoms with van der Waals surface area (Å²) in [6.45, 7) is 4.75. The van der Waals surface area contributed by atoms with Gasteiger partial charge in [0.2, 0.25) is 5.91 Å². The number of aromatic nitrogens is 2. The summed E-state index contributed by atoms with van der Waals surface area (Å²) in [5, 5.41) is 4.55. The Hall–Kier alpha value is -3.10. The van der Waals surface area contributed by atoms with E-state index in [4.69, 9.17) is 0 Å². The molecule has 2 aliphatic rings. The highest BCUT2D eigenvalue weighted by molar-refractivity contribution is 7.99. The minimum atomic E-state index is -0.418. The summed E-state index contributed by atoms with van der Waals surface area (Å²) in [5.74, 6) is 0.962. The van der Waals surface area contributed by atoms with Crippen molar-refractivity contribution >= 4 is 23.4 Å². The smallest absolute Gasteiger partial charge is 0.287 e. The highest BCUT2D eigenvalue weighted by atomic mass is 32.2. The highest BCUT2D eigenvalue weighted by Crippen LogP contribution is 2.41. The summed E-state index contributed by atoms with van der Waals surface area (Å²) >= 11 is 1.54. The Bertz CT molecular complexity index is 1330. The number of amides is 1. The normalized spacial score (nSPS) is 17.4. The Morgan fingerprint density at radius 1 is 0.949 bits per heavy atom. The Kier molecular flexibility index (Phi) is 8.43. The van der Waals surface area contributed by atoms with Gasteiger partial charge in [-0.25, -0.2) is 0 Å². The second-order valence-electron chi connectivity index (χ2n) is 11.1. The third-order valence-corrected chi connectivity index (χ3v) is 9.33. The van der Waals surface area contributed by atoms with Crippen molar-refractivity contribution in [3.05, 3.63) is 82.3 Å². The van der Waals surface area contributed by atoms with Crippen molar-refractivity contribution in [2.75, 3.05) is 51.1 Å². The van der Waals surface area contributed by atoms with Crippen LogP contribution >= 0.6 is 11.8 Å². The van der Waals surface area contributed by atoms with Gasteiger partial charge in [-0.2, -0.15) is 9.78 Å². The van der Waals surface area contributed by atoms with Crippen LogP contribution in [0.4, 0.5) is 5.69 Å². The van der Waals surface area contributed by atoms with Crippen LogP contribution in [-0.4, -0.2) is 71.6 Å². The summed E-state index contributed by atoms with van der Waals surface area (Å²) in [4.78, 5) is 34.8. The number of carbonyl (C=O) groups is 1. The molecule has 0 spiro atoms. The maximum Gasteiger partial charge on any atom is 0.287 e. The maximum atomic E-state index is 14.1. The molecule has 1 aromatic heterocycles. The molecule has 39 heavy (non-hydrogen) atoms. The topological polar surface area (TPSA) is 61.7 Å². The lowest BCUT2D eigenvalue weighted by molar-refractivity contribution is -0.139. The van der Waals surface area contributed by atoms with Crippen LogP contribution in [0.15, 0.2) is 70.5 Å². The van der Waals surface area contributed by atoms with Gasteiger partial charge in [0.1, 0.15) is 4.90 Å². The van der Waals surface area contributed by atoms with Gasteiger partial charge in [0, 0.05) is 32.1 Å². The van der Waals surface area contributed by atoms with Crippen LogP contribution < -0.4 is 10.5 Å². The van der Waals surface area contributed by atoms with Crippen molar-refractivity contribution < 1.29 is 4.79 Å². The molecule has 0 unspecified atom stereocenters. The molecule has 5 rings (SSSR count). The molecule has 1 saturated carbocycles. The number of carbonyl (C=O) groups excluding carboxylic acids is 1. The van der Waals surface area contributed by atoms with Crippen LogP contribution in [0.25, 0.3) is 5.69 Å². The monoisotopic (exact) mass is 545 g/mol. The molecule has 1 aliphatic carbocycles. The van der Waals surface area contributed by atoms with Crippen molar-refractivity contribution in [1.29, 1.82) is 0 Å². The van der Waals surface area contributed by atoms with Gasteiger partial charge in [-0.05, 0) is 51.6 Å². The lowest BCUT2D eigenvalue weighted by Crippen LogP contribution is -2.55. The highest BCUT2D eigenvalue weighted by Gasteiger charge is 2.44. The molecule has 1 amide bonds. The third-order valence-electron chi connectivity index (χ3n) is 8.01. The van der Waals surface area contributed by atoms with E-state index in [1.165, 1.54) is 16.7 Å². The van der Waals surface area contributed by atoms with Crippen LogP contribution in [0.5, 0.6) is 0 Å². The molecule has 0 atom stereocenters. The maximum absolute atomic E-state index is 14.1. The summed E-state index contributed by atoms with van der Waals surface area (Å²) in [7, 11) is 4.01. The number of benzene rings is 2. The van der Waals surface area contributed by atoms with Crippen molar-refractivity contribution in [3.63, 3.8) is 0 Å². The van der Waals surface area contributed by atoms with E-state index in [-0.39, 0.29) is 11.5 Å². The summed E-state index contributed by atoms with van der Waals surface area (Å²) in [6, 6.07) is 18.1. The van der Waals surface area contributed by atoms with Gasteiger partial charge in [0.25, 0.3) is 5.56 Å². The van der Waals surface area contributed by atoms with Crippen molar-refractivity contribution in [2.24, 2.45) is 0 Å². The largest absolute Gasteiger partial charge is 0.366 e. The van der Waals surface area contributed by atoms with E-state index in [9.17, 15) is 9.59 Å². The first-order valence-corrected chi connectivity index (χ1v) is 14.9. The number of para-hydroxylation sites is 1. The quantitative estimate of drug-likeness (QED) is 0.317. The number of anilines is 1. The number of hydrogen-bond donors (Lipinski definition) is 0. The van der Waals surface area contributed by atoms with Crippen LogP contribution in [0.3, 0.4) is 0 Å².